The molecule has 0 atom stereocenters. The summed E-state index contributed by atoms with van der Waals surface area (Å²) in [6.07, 6.45) is 5.14. The van der Waals surface area contributed by atoms with Crippen molar-refractivity contribution in [2.24, 2.45) is 0 Å². The Morgan fingerprint density at radius 2 is 1.79 bits per heavy atom. The molecule has 1 fully saturated rings. The first-order valence-corrected chi connectivity index (χ1v) is 10.1. The van der Waals surface area contributed by atoms with Crippen LogP contribution in [-0.2, 0) is 0 Å². The SMILES string of the molecule is CC(C)c1c(C(=O)N2CCN(c3ncccn3)CC2)cnn1-c1cccc(Cl)c1. The Bertz CT molecular complexity index is 995. The zero-order valence-electron chi connectivity index (χ0n) is 16.5. The summed E-state index contributed by atoms with van der Waals surface area (Å²) in [6, 6.07) is 9.31. The molecule has 3 heterocycles. The molecule has 0 N–H and O–H groups in total. The molecule has 3 aromatic rings. The molecule has 1 aromatic carbocycles. The van der Waals surface area contributed by atoms with E-state index in [-0.39, 0.29) is 11.8 Å². The standard InChI is InChI=1S/C21H23ClN6O/c1-15(2)19-18(14-25-28(19)17-6-3-5-16(22)13-17)20(29)26-9-11-27(12-10-26)21-23-7-4-8-24-21/h3-8,13-15H,9-12H2,1-2H3. The number of piperazine rings is 1. The number of nitrogens with zero attached hydrogens (tertiary/aromatic N) is 6. The Kier molecular flexibility index (Phi) is 5.49. The number of hydrogen-bond donors (Lipinski definition) is 0. The third-order valence-corrected chi connectivity index (χ3v) is 5.27. The minimum Gasteiger partial charge on any atom is -0.337 e. The monoisotopic (exact) mass is 410 g/mol. The van der Waals surface area contributed by atoms with Crippen LogP contribution in [0.2, 0.25) is 5.02 Å². The number of benzene rings is 1. The van der Waals surface area contributed by atoms with Crippen LogP contribution in [0.1, 0.15) is 35.8 Å². The molecule has 0 aliphatic carbocycles. The Labute approximate surface area is 174 Å². The van der Waals surface area contributed by atoms with Crippen LogP contribution in [0.5, 0.6) is 0 Å². The number of carbonyl (C=O) groups excluding carboxylic acids is 1. The van der Waals surface area contributed by atoms with E-state index >= 15 is 0 Å². The summed E-state index contributed by atoms with van der Waals surface area (Å²) in [4.78, 5) is 25.9. The van der Waals surface area contributed by atoms with Crippen molar-refractivity contribution in [2.75, 3.05) is 31.1 Å². The van der Waals surface area contributed by atoms with E-state index in [1.165, 1.54) is 0 Å². The molecule has 0 radical (unpaired) electrons. The largest absolute Gasteiger partial charge is 0.337 e. The molecule has 1 aliphatic rings. The molecule has 1 amide bonds. The van der Waals surface area contributed by atoms with Gasteiger partial charge in [0.2, 0.25) is 5.95 Å². The molecule has 150 valence electrons. The highest BCUT2D eigenvalue weighted by Crippen LogP contribution is 2.26. The summed E-state index contributed by atoms with van der Waals surface area (Å²) in [5.41, 5.74) is 2.39. The molecule has 0 bridgehead atoms. The predicted molar refractivity (Wildman–Crippen MR) is 113 cm³/mol. The number of amides is 1. The smallest absolute Gasteiger partial charge is 0.257 e. The Morgan fingerprint density at radius 3 is 2.45 bits per heavy atom. The van der Waals surface area contributed by atoms with E-state index in [9.17, 15) is 4.79 Å². The Morgan fingerprint density at radius 1 is 1.07 bits per heavy atom. The molecular weight excluding hydrogens is 388 g/mol. The lowest BCUT2D eigenvalue weighted by atomic mass is 10.0. The second-order valence-corrected chi connectivity index (χ2v) is 7.75. The normalized spacial score (nSPS) is 14.5. The van der Waals surface area contributed by atoms with Crippen molar-refractivity contribution in [2.45, 2.75) is 19.8 Å². The quantitative estimate of drug-likeness (QED) is 0.659. The third kappa shape index (κ3) is 3.96. The number of hydrogen-bond acceptors (Lipinski definition) is 5. The van der Waals surface area contributed by atoms with Gasteiger partial charge >= 0.3 is 0 Å². The van der Waals surface area contributed by atoms with Gasteiger partial charge < -0.3 is 9.80 Å². The summed E-state index contributed by atoms with van der Waals surface area (Å²) in [5.74, 6) is 0.848. The number of aromatic nitrogens is 4. The van der Waals surface area contributed by atoms with Crippen molar-refractivity contribution in [3.63, 3.8) is 0 Å². The summed E-state index contributed by atoms with van der Waals surface area (Å²) in [6.45, 7) is 6.79. The molecule has 1 saturated heterocycles. The second kappa shape index (κ2) is 8.21. The molecule has 29 heavy (non-hydrogen) atoms. The van der Waals surface area contributed by atoms with E-state index in [1.807, 2.05) is 33.8 Å². The van der Waals surface area contributed by atoms with Crippen molar-refractivity contribution in [3.05, 3.63) is 65.2 Å². The van der Waals surface area contributed by atoms with Crippen LogP contribution < -0.4 is 4.90 Å². The van der Waals surface area contributed by atoms with Crippen molar-refractivity contribution in [1.29, 1.82) is 0 Å². The van der Waals surface area contributed by atoms with Gasteiger partial charge in [0.05, 0.1) is 23.1 Å². The van der Waals surface area contributed by atoms with Crippen molar-refractivity contribution < 1.29 is 4.79 Å². The average molecular weight is 411 g/mol. The van der Waals surface area contributed by atoms with Gasteiger partial charge in [-0.25, -0.2) is 14.6 Å². The number of carbonyl (C=O) groups is 1. The number of rotatable bonds is 4. The minimum atomic E-state index is 0.00982. The first-order valence-electron chi connectivity index (χ1n) is 9.69. The lowest BCUT2D eigenvalue weighted by molar-refractivity contribution is 0.0744. The van der Waals surface area contributed by atoms with Gasteiger partial charge in [0.1, 0.15) is 0 Å². The fourth-order valence-electron chi connectivity index (χ4n) is 3.63. The van der Waals surface area contributed by atoms with E-state index in [0.29, 0.717) is 42.7 Å². The van der Waals surface area contributed by atoms with E-state index in [1.54, 1.807) is 24.7 Å². The fraction of sp³-hybridized carbons (Fsp3) is 0.333. The zero-order chi connectivity index (χ0) is 20.4. The second-order valence-electron chi connectivity index (χ2n) is 7.32. The first kappa shape index (κ1) is 19.4. The van der Waals surface area contributed by atoms with Crippen LogP contribution in [0.25, 0.3) is 5.69 Å². The van der Waals surface area contributed by atoms with Crippen LogP contribution >= 0.6 is 11.6 Å². The van der Waals surface area contributed by atoms with Crippen molar-refractivity contribution in [1.82, 2.24) is 24.6 Å². The summed E-state index contributed by atoms with van der Waals surface area (Å²) in [7, 11) is 0. The van der Waals surface area contributed by atoms with Crippen LogP contribution in [0, 0.1) is 0 Å². The topological polar surface area (TPSA) is 67.2 Å². The maximum Gasteiger partial charge on any atom is 0.257 e. The Balaban J connectivity index is 1.55. The van der Waals surface area contributed by atoms with Crippen LogP contribution in [0.4, 0.5) is 5.95 Å². The fourth-order valence-corrected chi connectivity index (χ4v) is 3.81. The molecule has 8 heteroatoms. The van der Waals surface area contributed by atoms with Gasteiger partial charge in [0.25, 0.3) is 5.91 Å². The zero-order valence-corrected chi connectivity index (χ0v) is 17.3. The van der Waals surface area contributed by atoms with Crippen molar-refractivity contribution in [3.8, 4) is 5.69 Å². The number of anilines is 1. The average Bonchev–Trinajstić information content (AvgIpc) is 3.19. The van der Waals surface area contributed by atoms with Crippen LogP contribution in [0.15, 0.2) is 48.9 Å². The first-order chi connectivity index (χ1) is 14.0. The van der Waals surface area contributed by atoms with Gasteiger partial charge in [0.15, 0.2) is 0 Å². The lowest BCUT2D eigenvalue weighted by Crippen LogP contribution is -2.49. The van der Waals surface area contributed by atoms with Gasteiger partial charge in [-0.1, -0.05) is 31.5 Å². The van der Waals surface area contributed by atoms with E-state index < -0.39 is 0 Å². The van der Waals surface area contributed by atoms with Crippen LogP contribution in [-0.4, -0.2) is 56.7 Å². The molecule has 7 nitrogen and oxygen atoms in total. The van der Waals surface area contributed by atoms with Crippen LogP contribution in [0.3, 0.4) is 0 Å². The summed E-state index contributed by atoms with van der Waals surface area (Å²) >= 11 is 6.15. The highest BCUT2D eigenvalue weighted by atomic mass is 35.5. The minimum absolute atomic E-state index is 0.00982. The Hall–Kier alpha value is -2.93. The van der Waals surface area contributed by atoms with Gasteiger partial charge in [-0.2, -0.15) is 5.10 Å². The number of halogens is 1. The van der Waals surface area contributed by atoms with E-state index in [0.717, 1.165) is 11.4 Å². The van der Waals surface area contributed by atoms with Gasteiger partial charge in [-0.15, -0.1) is 0 Å². The maximum absolute atomic E-state index is 13.3. The summed E-state index contributed by atoms with van der Waals surface area (Å²) in [5, 5.41) is 5.15. The predicted octanol–water partition coefficient (Wildman–Crippen LogP) is 3.40. The molecule has 2 aromatic heterocycles. The molecule has 0 unspecified atom stereocenters. The van der Waals surface area contributed by atoms with E-state index in [4.69, 9.17) is 11.6 Å². The molecule has 0 saturated carbocycles. The summed E-state index contributed by atoms with van der Waals surface area (Å²) < 4.78 is 1.82. The highest BCUT2D eigenvalue weighted by molar-refractivity contribution is 6.30. The van der Waals surface area contributed by atoms with Crippen molar-refractivity contribution >= 4 is 23.5 Å². The molecule has 4 rings (SSSR count). The highest BCUT2D eigenvalue weighted by Gasteiger charge is 2.28. The van der Waals surface area contributed by atoms with Gasteiger partial charge in [-0.05, 0) is 30.2 Å². The van der Waals surface area contributed by atoms with Gasteiger partial charge in [0, 0.05) is 43.6 Å². The molecule has 1 aliphatic heterocycles. The van der Waals surface area contributed by atoms with E-state index in [2.05, 4.69) is 33.8 Å². The maximum atomic E-state index is 13.3. The molecular formula is C21H23ClN6O. The van der Waals surface area contributed by atoms with Gasteiger partial charge in [-0.3, -0.25) is 4.79 Å². The third-order valence-electron chi connectivity index (χ3n) is 5.04. The lowest BCUT2D eigenvalue weighted by Gasteiger charge is -2.34. The molecule has 0 spiro atoms.